The van der Waals surface area contributed by atoms with E-state index in [-0.39, 0.29) is 17.0 Å². The van der Waals surface area contributed by atoms with Gasteiger partial charge in [0.25, 0.3) is 5.69 Å². The highest BCUT2D eigenvalue weighted by atomic mass is 79.9. The molecule has 24 heavy (non-hydrogen) atoms. The third-order valence-corrected chi connectivity index (χ3v) is 6.30. The fourth-order valence-corrected chi connectivity index (χ4v) is 2.98. The Kier molecular flexibility index (Phi) is 5.34. The number of nitro groups is 1. The number of ketones is 1. The fraction of sp³-hybridized carbons (Fsp3) is 0.267. The molecule has 0 amide bonds. The first-order chi connectivity index (χ1) is 11.1. The van der Waals surface area contributed by atoms with E-state index in [1.165, 1.54) is 30.3 Å². The standard InChI is InChI=1S/C15H12Br2N2O5/c1-8-7-11(20)15(2,17)13(16)12(8)18-24-14(21)9-3-5-10(6-4-9)19(22)23/h3-7,13H,1-2H3/b18-12+. The van der Waals surface area contributed by atoms with Crippen LogP contribution in [-0.2, 0) is 9.63 Å². The van der Waals surface area contributed by atoms with Crippen molar-refractivity contribution in [3.8, 4) is 0 Å². The summed E-state index contributed by atoms with van der Waals surface area (Å²) < 4.78 is -0.898. The summed E-state index contributed by atoms with van der Waals surface area (Å²) in [5, 5.41) is 14.4. The molecular formula is C15H12Br2N2O5. The Labute approximate surface area is 154 Å². The molecule has 0 saturated carbocycles. The largest absolute Gasteiger partial charge is 0.365 e. The maximum absolute atomic E-state index is 12.0. The molecule has 2 atom stereocenters. The minimum absolute atomic E-state index is 0.123. The van der Waals surface area contributed by atoms with E-state index in [4.69, 9.17) is 4.84 Å². The highest BCUT2D eigenvalue weighted by Crippen LogP contribution is 2.36. The van der Waals surface area contributed by atoms with E-state index in [2.05, 4.69) is 37.0 Å². The molecule has 9 heteroatoms. The Bertz CT molecular complexity index is 769. The number of hydrogen-bond donors (Lipinski definition) is 0. The normalized spacial score (nSPS) is 25.3. The number of non-ortho nitro benzene ring substituents is 1. The first kappa shape index (κ1) is 18.5. The van der Waals surface area contributed by atoms with Gasteiger partial charge >= 0.3 is 5.97 Å². The van der Waals surface area contributed by atoms with Gasteiger partial charge in [-0.3, -0.25) is 14.9 Å². The first-order valence-electron chi connectivity index (χ1n) is 6.74. The molecule has 0 radical (unpaired) electrons. The Hall–Kier alpha value is -1.87. The van der Waals surface area contributed by atoms with Crippen molar-refractivity contribution in [3.63, 3.8) is 0 Å². The number of rotatable bonds is 3. The number of carbonyl (C=O) groups is 2. The third kappa shape index (κ3) is 3.62. The molecule has 2 unspecified atom stereocenters. The van der Waals surface area contributed by atoms with E-state index in [0.717, 1.165) is 0 Å². The van der Waals surface area contributed by atoms with Crippen LogP contribution in [0, 0.1) is 10.1 Å². The zero-order valence-electron chi connectivity index (χ0n) is 12.7. The summed E-state index contributed by atoms with van der Waals surface area (Å²) in [6.07, 6.45) is 1.42. The van der Waals surface area contributed by atoms with E-state index in [1.807, 2.05) is 0 Å². The summed E-state index contributed by atoms with van der Waals surface area (Å²) in [6, 6.07) is 4.98. The molecule has 1 aromatic rings. The predicted octanol–water partition coefficient (Wildman–Crippen LogP) is 3.55. The number of nitrogens with zero attached hydrogens (tertiary/aromatic N) is 2. The van der Waals surface area contributed by atoms with E-state index in [0.29, 0.717) is 11.3 Å². The van der Waals surface area contributed by atoms with Crippen LogP contribution in [0.25, 0.3) is 0 Å². The molecule has 0 bridgehead atoms. The number of halogens is 2. The zero-order chi connectivity index (χ0) is 18.1. The topological polar surface area (TPSA) is 98.9 Å². The second-order valence-electron chi connectivity index (χ2n) is 5.29. The molecule has 1 aliphatic carbocycles. The molecule has 0 heterocycles. The average Bonchev–Trinajstić information content (AvgIpc) is 2.53. The maximum atomic E-state index is 12.0. The SMILES string of the molecule is CC1=CC(=O)C(C)(Br)C(Br)/C1=N/OC(=O)c1ccc([N+](=O)[O-])cc1. The molecule has 7 nitrogen and oxygen atoms in total. The highest BCUT2D eigenvalue weighted by Gasteiger charge is 2.43. The van der Waals surface area contributed by atoms with Crippen molar-refractivity contribution in [1.82, 2.24) is 0 Å². The van der Waals surface area contributed by atoms with Crippen molar-refractivity contribution in [2.45, 2.75) is 23.0 Å². The van der Waals surface area contributed by atoms with Crippen molar-refractivity contribution < 1.29 is 19.3 Å². The molecule has 0 N–H and O–H groups in total. The number of alkyl halides is 2. The lowest BCUT2D eigenvalue weighted by Crippen LogP contribution is -2.45. The van der Waals surface area contributed by atoms with Gasteiger partial charge in [0, 0.05) is 12.1 Å². The summed E-state index contributed by atoms with van der Waals surface area (Å²) in [6.45, 7) is 3.37. The van der Waals surface area contributed by atoms with Crippen molar-refractivity contribution in [3.05, 3.63) is 51.6 Å². The van der Waals surface area contributed by atoms with Gasteiger partial charge in [0.05, 0.1) is 21.0 Å². The lowest BCUT2D eigenvalue weighted by molar-refractivity contribution is -0.384. The van der Waals surface area contributed by atoms with Crippen LogP contribution in [0.3, 0.4) is 0 Å². The quantitative estimate of drug-likeness (QED) is 0.298. The van der Waals surface area contributed by atoms with Crippen LogP contribution < -0.4 is 0 Å². The summed E-state index contributed by atoms with van der Waals surface area (Å²) in [5.41, 5.74) is 0.990. The minimum atomic E-state index is -0.898. The van der Waals surface area contributed by atoms with Crippen LogP contribution >= 0.6 is 31.9 Å². The van der Waals surface area contributed by atoms with Gasteiger partial charge in [0.1, 0.15) is 4.32 Å². The smallest absolute Gasteiger partial charge is 0.312 e. The van der Waals surface area contributed by atoms with Crippen molar-refractivity contribution in [1.29, 1.82) is 0 Å². The Balaban J connectivity index is 2.20. The number of carbonyl (C=O) groups excluding carboxylic acids is 2. The summed E-state index contributed by atoms with van der Waals surface area (Å²) in [5.74, 6) is -0.874. The lowest BCUT2D eigenvalue weighted by atomic mass is 9.88. The molecule has 0 saturated heterocycles. The Morgan fingerprint density at radius 3 is 2.50 bits per heavy atom. The van der Waals surface area contributed by atoms with Crippen LogP contribution in [0.2, 0.25) is 0 Å². The number of allylic oxidation sites excluding steroid dienone is 2. The number of oxime groups is 1. The number of nitro benzene ring substituents is 1. The minimum Gasteiger partial charge on any atom is -0.312 e. The summed E-state index contributed by atoms with van der Waals surface area (Å²) >= 11 is 6.72. The Morgan fingerprint density at radius 1 is 1.38 bits per heavy atom. The molecule has 1 aromatic carbocycles. The van der Waals surface area contributed by atoms with E-state index in [9.17, 15) is 19.7 Å². The van der Waals surface area contributed by atoms with Gasteiger partial charge in [0.2, 0.25) is 0 Å². The monoisotopic (exact) mass is 458 g/mol. The summed E-state index contributed by atoms with van der Waals surface area (Å²) in [7, 11) is 0. The van der Waals surface area contributed by atoms with Gasteiger partial charge in [-0.2, -0.15) is 0 Å². The zero-order valence-corrected chi connectivity index (χ0v) is 15.8. The highest BCUT2D eigenvalue weighted by molar-refractivity contribution is 9.13. The molecular weight excluding hydrogens is 448 g/mol. The van der Waals surface area contributed by atoms with Crippen LogP contribution in [0.1, 0.15) is 24.2 Å². The summed E-state index contributed by atoms with van der Waals surface area (Å²) in [4.78, 5) is 38.4. The predicted molar refractivity (Wildman–Crippen MR) is 94.8 cm³/mol. The van der Waals surface area contributed by atoms with Crippen LogP contribution in [-0.4, -0.2) is 31.5 Å². The van der Waals surface area contributed by atoms with Crippen LogP contribution in [0.15, 0.2) is 41.1 Å². The van der Waals surface area contributed by atoms with Gasteiger partial charge in [-0.25, -0.2) is 4.79 Å². The van der Waals surface area contributed by atoms with Crippen molar-refractivity contribution in [2.75, 3.05) is 0 Å². The molecule has 0 aliphatic heterocycles. The Morgan fingerprint density at radius 2 is 1.96 bits per heavy atom. The van der Waals surface area contributed by atoms with Gasteiger partial charge in [0.15, 0.2) is 5.78 Å². The molecule has 1 aliphatic rings. The molecule has 0 fully saturated rings. The molecule has 2 rings (SSSR count). The van der Waals surface area contributed by atoms with Crippen molar-refractivity contribution in [2.24, 2.45) is 5.16 Å². The third-order valence-electron chi connectivity index (χ3n) is 3.49. The number of hydrogen-bond acceptors (Lipinski definition) is 6. The first-order valence-corrected chi connectivity index (χ1v) is 8.45. The van der Waals surface area contributed by atoms with Crippen LogP contribution in [0.5, 0.6) is 0 Å². The van der Waals surface area contributed by atoms with Gasteiger partial charge < -0.3 is 4.84 Å². The van der Waals surface area contributed by atoms with E-state index >= 15 is 0 Å². The van der Waals surface area contributed by atoms with Gasteiger partial charge in [-0.15, -0.1) is 0 Å². The second kappa shape index (κ2) is 6.94. The lowest BCUT2D eigenvalue weighted by Gasteiger charge is -2.30. The second-order valence-corrected chi connectivity index (χ2v) is 7.85. The van der Waals surface area contributed by atoms with Gasteiger partial charge in [-0.1, -0.05) is 37.0 Å². The molecule has 0 spiro atoms. The van der Waals surface area contributed by atoms with Gasteiger partial charge in [-0.05, 0) is 37.6 Å². The fourth-order valence-electron chi connectivity index (χ4n) is 1.97. The van der Waals surface area contributed by atoms with Crippen LogP contribution in [0.4, 0.5) is 5.69 Å². The molecule has 0 aromatic heterocycles. The number of benzene rings is 1. The van der Waals surface area contributed by atoms with Crippen molar-refractivity contribution >= 4 is 55.0 Å². The maximum Gasteiger partial charge on any atom is 0.365 e. The average molecular weight is 460 g/mol. The van der Waals surface area contributed by atoms with E-state index in [1.54, 1.807) is 13.8 Å². The molecule has 126 valence electrons. The van der Waals surface area contributed by atoms with E-state index < -0.39 is 20.0 Å².